The number of fused-ring (bicyclic) bond motifs is 1. The Morgan fingerprint density at radius 1 is 1.35 bits per heavy atom. The maximum atomic E-state index is 12.8. The minimum absolute atomic E-state index is 0.0111. The third-order valence-corrected chi connectivity index (χ3v) is 4.77. The summed E-state index contributed by atoms with van der Waals surface area (Å²) >= 11 is 0. The number of likely N-dealkylation sites (tertiary alicyclic amines) is 1. The van der Waals surface area contributed by atoms with Gasteiger partial charge in [0.15, 0.2) is 18.2 Å². The molecule has 0 bridgehead atoms. The zero-order valence-electron chi connectivity index (χ0n) is 14.4. The summed E-state index contributed by atoms with van der Waals surface area (Å²) in [6.07, 6.45) is 2.48. The number of carbonyl (C=O) groups excluding carboxylic acids is 2. The zero-order chi connectivity index (χ0) is 18.1. The SMILES string of the molecule is COc1cccc(C2CCN2C(=O)CN2C(=O)COc3cccnc32)c1. The maximum absolute atomic E-state index is 12.8. The van der Waals surface area contributed by atoms with E-state index >= 15 is 0 Å². The lowest BCUT2D eigenvalue weighted by atomic mass is 9.94. The van der Waals surface area contributed by atoms with Crippen LogP contribution in [0.4, 0.5) is 5.82 Å². The normalized spacial score (nSPS) is 18.7. The average molecular weight is 353 g/mol. The standard InChI is InChI=1S/C19H19N3O4/c1-25-14-5-2-4-13(10-14)15-7-9-21(15)17(23)11-22-18(24)12-26-16-6-3-8-20-19(16)22/h2-6,8,10,15H,7,9,11-12H2,1H3. The van der Waals surface area contributed by atoms with Crippen LogP contribution in [0.15, 0.2) is 42.6 Å². The highest BCUT2D eigenvalue weighted by atomic mass is 16.5. The molecule has 7 heteroatoms. The van der Waals surface area contributed by atoms with E-state index in [9.17, 15) is 9.59 Å². The molecule has 1 unspecified atom stereocenters. The second kappa shape index (κ2) is 6.67. The van der Waals surface area contributed by atoms with Crippen molar-refractivity contribution in [1.29, 1.82) is 0 Å². The van der Waals surface area contributed by atoms with Gasteiger partial charge in [-0.15, -0.1) is 0 Å². The molecule has 0 saturated carbocycles. The fourth-order valence-electron chi connectivity index (χ4n) is 3.30. The van der Waals surface area contributed by atoms with Crippen molar-refractivity contribution in [2.24, 2.45) is 0 Å². The molecule has 0 spiro atoms. The van der Waals surface area contributed by atoms with Gasteiger partial charge in [0, 0.05) is 12.7 Å². The van der Waals surface area contributed by atoms with Crippen molar-refractivity contribution >= 4 is 17.6 Å². The average Bonchev–Trinajstić information content (AvgIpc) is 2.63. The molecule has 0 radical (unpaired) electrons. The zero-order valence-corrected chi connectivity index (χ0v) is 14.4. The Bertz CT molecular complexity index is 854. The largest absolute Gasteiger partial charge is 0.497 e. The second-order valence-corrected chi connectivity index (χ2v) is 6.26. The number of methoxy groups -OCH3 is 1. The number of anilines is 1. The number of ether oxygens (including phenoxy) is 2. The minimum atomic E-state index is -0.261. The predicted molar refractivity (Wildman–Crippen MR) is 94.2 cm³/mol. The first-order valence-electron chi connectivity index (χ1n) is 8.49. The number of carbonyl (C=O) groups is 2. The number of rotatable bonds is 4. The first kappa shape index (κ1) is 16.4. The molecule has 1 fully saturated rings. The Morgan fingerprint density at radius 2 is 2.23 bits per heavy atom. The van der Waals surface area contributed by atoms with Gasteiger partial charge in [-0.2, -0.15) is 0 Å². The highest BCUT2D eigenvalue weighted by molar-refractivity contribution is 6.01. The predicted octanol–water partition coefficient (Wildman–Crippen LogP) is 1.79. The Morgan fingerprint density at radius 3 is 3.00 bits per heavy atom. The van der Waals surface area contributed by atoms with Crippen LogP contribution in [0.5, 0.6) is 11.5 Å². The van der Waals surface area contributed by atoms with Crippen LogP contribution in [0.1, 0.15) is 18.0 Å². The number of amides is 2. The van der Waals surface area contributed by atoms with Gasteiger partial charge in [0.1, 0.15) is 12.3 Å². The highest BCUT2D eigenvalue weighted by Crippen LogP contribution is 2.35. The van der Waals surface area contributed by atoms with Gasteiger partial charge in [0.05, 0.1) is 13.2 Å². The van der Waals surface area contributed by atoms with E-state index in [1.807, 2.05) is 24.3 Å². The van der Waals surface area contributed by atoms with Crippen LogP contribution in [-0.2, 0) is 9.59 Å². The van der Waals surface area contributed by atoms with Gasteiger partial charge < -0.3 is 14.4 Å². The molecular weight excluding hydrogens is 334 g/mol. The lowest BCUT2D eigenvalue weighted by molar-refractivity contribution is -0.139. The molecule has 3 heterocycles. The Hall–Kier alpha value is -3.09. The maximum Gasteiger partial charge on any atom is 0.266 e. The van der Waals surface area contributed by atoms with Gasteiger partial charge in [-0.25, -0.2) is 4.98 Å². The monoisotopic (exact) mass is 353 g/mol. The van der Waals surface area contributed by atoms with Gasteiger partial charge in [0.2, 0.25) is 5.91 Å². The molecule has 0 N–H and O–H groups in total. The molecule has 2 aromatic rings. The minimum Gasteiger partial charge on any atom is -0.497 e. The number of benzene rings is 1. The Kier molecular flexibility index (Phi) is 4.20. The number of aromatic nitrogens is 1. The first-order valence-corrected chi connectivity index (χ1v) is 8.49. The molecule has 2 aliphatic rings. The Labute approximate surface area is 151 Å². The van der Waals surface area contributed by atoms with Crippen LogP contribution in [0.3, 0.4) is 0 Å². The van der Waals surface area contributed by atoms with Crippen LogP contribution >= 0.6 is 0 Å². The van der Waals surface area contributed by atoms with Crippen molar-refractivity contribution in [2.75, 3.05) is 31.7 Å². The van der Waals surface area contributed by atoms with Crippen molar-refractivity contribution in [1.82, 2.24) is 9.88 Å². The summed E-state index contributed by atoms with van der Waals surface area (Å²) < 4.78 is 10.6. The van der Waals surface area contributed by atoms with Gasteiger partial charge in [-0.1, -0.05) is 12.1 Å². The molecule has 2 aliphatic heterocycles. The molecule has 1 atom stereocenters. The van der Waals surface area contributed by atoms with E-state index in [0.29, 0.717) is 18.1 Å². The molecule has 1 saturated heterocycles. The number of nitrogens with zero attached hydrogens (tertiary/aromatic N) is 3. The van der Waals surface area contributed by atoms with E-state index in [-0.39, 0.29) is 31.0 Å². The molecule has 134 valence electrons. The summed E-state index contributed by atoms with van der Waals surface area (Å²) in [6, 6.07) is 11.2. The van der Waals surface area contributed by atoms with E-state index in [1.54, 1.807) is 30.3 Å². The quantitative estimate of drug-likeness (QED) is 0.838. The molecule has 1 aromatic carbocycles. The third-order valence-electron chi connectivity index (χ3n) is 4.77. The molecule has 1 aromatic heterocycles. The van der Waals surface area contributed by atoms with E-state index in [2.05, 4.69) is 4.98 Å². The van der Waals surface area contributed by atoms with E-state index in [4.69, 9.17) is 9.47 Å². The van der Waals surface area contributed by atoms with Crippen molar-refractivity contribution in [3.8, 4) is 11.5 Å². The van der Waals surface area contributed by atoms with Crippen molar-refractivity contribution in [3.63, 3.8) is 0 Å². The lowest BCUT2D eigenvalue weighted by Gasteiger charge is -2.42. The molecule has 26 heavy (non-hydrogen) atoms. The van der Waals surface area contributed by atoms with E-state index < -0.39 is 0 Å². The second-order valence-electron chi connectivity index (χ2n) is 6.26. The molecular formula is C19H19N3O4. The number of hydrogen-bond donors (Lipinski definition) is 0. The van der Waals surface area contributed by atoms with E-state index in [1.165, 1.54) is 4.90 Å². The van der Waals surface area contributed by atoms with Gasteiger partial charge in [-0.3, -0.25) is 14.5 Å². The third kappa shape index (κ3) is 2.85. The van der Waals surface area contributed by atoms with Crippen molar-refractivity contribution in [2.45, 2.75) is 12.5 Å². The fraction of sp³-hybridized carbons (Fsp3) is 0.316. The Balaban J connectivity index is 1.51. The van der Waals surface area contributed by atoms with Crippen LogP contribution in [0.2, 0.25) is 0 Å². The van der Waals surface area contributed by atoms with Crippen LogP contribution in [0, 0.1) is 0 Å². The number of pyridine rings is 1. The fourth-order valence-corrected chi connectivity index (χ4v) is 3.30. The number of hydrogen-bond acceptors (Lipinski definition) is 5. The topological polar surface area (TPSA) is 72.0 Å². The van der Waals surface area contributed by atoms with Crippen LogP contribution < -0.4 is 14.4 Å². The lowest BCUT2D eigenvalue weighted by Crippen LogP contribution is -2.51. The van der Waals surface area contributed by atoms with Gasteiger partial charge in [0.25, 0.3) is 5.91 Å². The smallest absolute Gasteiger partial charge is 0.266 e. The molecule has 0 aliphatic carbocycles. The summed E-state index contributed by atoms with van der Waals surface area (Å²) in [5.41, 5.74) is 1.04. The van der Waals surface area contributed by atoms with Gasteiger partial charge in [-0.05, 0) is 36.2 Å². The van der Waals surface area contributed by atoms with E-state index in [0.717, 1.165) is 17.7 Å². The summed E-state index contributed by atoms with van der Waals surface area (Å²) in [5, 5.41) is 0. The summed E-state index contributed by atoms with van der Waals surface area (Å²) in [6.45, 7) is 0.562. The molecule has 2 amide bonds. The van der Waals surface area contributed by atoms with Crippen molar-refractivity contribution < 1.29 is 19.1 Å². The molecule has 7 nitrogen and oxygen atoms in total. The summed E-state index contributed by atoms with van der Waals surface area (Å²) in [4.78, 5) is 32.4. The van der Waals surface area contributed by atoms with Crippen LogP contribution in [0.25, 0.3) is 0 Å². The van der Waals surface area contributed by atoms with Crippen molar-refractivity contribution in [3.05, 3.63) is 48.2 Å². The first-order chi connectivity index (χ1) is 12.7. The van der Waals surface area contributed by atoms with Crippen LogP contribution in [-0.4, -0.2) is 48.5 Å². The summed E-state index contributed by atoms with van der Waals surface area (Å²) in [5.74, 6) is 1.32. The van der Waals surface area contributed by atoms with Gasteiger partial charge >= 0.3 is 0 Å². The highest BCUT2D eigenvalue weighted by Gasteiger charge is 2.36. The molecule has 4 rings (SSSR count). The summed E-state index contributed by atoms with van der Waals surface area (Å²) in [7, 11) is 1.62.